The summed E-state index contributed by atoms with van der Waals surface area (Å²) in [6, 6.07) is 5.35. The standard InChI is InChI=1S/C24H27NO7/c1-5-8-30-24(28)19-13(3)25-15-9-12(2)18(23(27)29-4)22(26)21(15)20(19)14-6-7-16-17(10-14)32-11-31-16/h6-7,10,12,18,20,25H,5,8-9,11H2,1-4H3/t12-,18-,20+/m1/s1. The monoisotopic (exact) mass is 441 g/mol. The number of Topliss-reactive ketones (excluding diaryl/α,β-unsaturated/α-hetero) is 1. The second-order valence-electron chi connectivity index (χ2n) is 8.28. The van der Waals surface area contributed by atoms with Gasteiger partial charge < -0.3 is 24.3 Å². The van der Waals surface area contributed by atoms with E-state index in [1.165, 1.54) is 7.11 Å². The predicted molar refractivity (Wildman–Crippen MR) is 114 cm³/mol. The summed E-state index contributed by atoms with van der Waals surface area (Å²) < 4.78 is 21.3. The maximum atomic E-state index is 13.6. The smallest absolute Gasteiger partial charge is 0.336 e. The molecule has 2 aliphatic heterocycles. The summed E-state index contributed by atoms with van der Waals surface area (Å²) in [6.07, 6.45) is 1.16. The molecule has 2 heterocycles. The van der Waals surface area contributed by atoms with Crippen molar-refractivity contribution in [3.05, 3.63) is 46.3 Å². The number of methoxy groups -OCH3 is 1. The van der Waals surface area contributed by atoms with Crippen LogP contribution in [0.2, 0.25) is 0 Å². The number of carbonyl (C=O) groups is 3. The van der Waals surface area contributed by atoms with Gasteiger partial charge in [0, 0.05) is 22.9 Å². The number of fused-ring (bicyclic) bond motifs is 1. The Bertz CT molecular complexity index is 1040. The van der Waals surface area contributed by atoms with E-state index in [-0.39, 0.29) is 25.1 Å². The normalized spacial score (nSPS) is 24.1. The highest BCUT2D eigenvalue weighted by Crippen LogP contribution is 2.47. The van der Waals surface area contributed by atoms with Crippen molar-refractivity contribution in [2.75, 3.05) is 20.5 Å². The molecule has 0 aromatic heterocycles. The van der Waals surface area contributed by atoms with E-state index >= 15 is 0 Å². The third kappa shape index (κ3) is 3.63. The summed E-state index contributed by atoms with van der Waals surface area (Å²) in [7, 11) is 1.28. The van der Waals surface area contributed by atoms with E-state index in [2.05, 4.69) is 5.32 Å². The minimum atomic E-state index is -0.927. The van der Waals surface area contributed by atoms with Gasteiger partial charge >= 0.3 is 11.9 Å². The number of ether oxygens (including phenoxy) is 4. The molecule has 0 bridgehead atoms. The van der Waals surface area contributed by atoms with Crippen LogP contribution in [-0.4, -0.2) is 38.2 Å². The third-order valence-electron chi connectivity index (χ3n) is 6.13. The molecule has 0 radical (unpaired) electrons. The lowest BCUT2D eigenvalue weighted by molar-refractivity contribution is -0.151. The molecule has 8 nitrogen and oxygen atoms in total. The lowest BCUT2D eigenvalue weighted by Crippen LogP contribution is -2.43. The van der Waals surface area contributed by atoms with Gasteiger partial charge in [0.15, 0.2) is 17.3 Å². The first-order valence-electron chi connectivity index (χ1n) is 10.8. The molecule has 3 atom stereocenters. The number of hydrogen-bond donors (Lipinski definition) is 1. The quantitative estimate of drug-likeness (QED) is 0.550. The van der Waals surface area contributed by atoms with Gasteiger partial charge in [-0.2, -0.15) is 0 Å². The van der Waals surface area contributed by atoms with Crippen LogP contribution in [0.1, 0.15) is 45.1 Å². The average molecular weight is 441 g/mol. The average Bonchev–Trinajstić information content (AvgIpc) is 3.24. The second-order valence-corrected chi connectivity index (χ2v) is 8.28. The summed E-state index contributed by atoms with van der Waals surface area (Å²) in [6.45, 7) is 5.94. The molecule has 0 amide bonds. The van der Waals surface area contributed by atoms with Crippen LogP contribution in [0, 0.1) is 11.8 Å². The summed E-state index contributed by atoms with van der Waals surface area (Å²) >= 11 is 0. The summed E-state index contributed by atoms with van der Waals surface area (Å²) in [5.74, 6) is -2.12. The third-order valence-corrected chi connectivity index (χ3v) is 6.13. The zero-order chi connectivity index (χ0) is 23.0. The number of nitrogens with one attached hydrogen (secondary N) is 1. The zero-order valence-electron chi connectivity index (χ0n) is 18.7. The summed E-state index contributed by atoms with van der Waals surface area (Å²) in [4.78, 5) is 39.2. The number of carbonyl (C=O) groups excluding carboxylic acids is 3. The highest BCUT2D eigenvalue weighted by Gasteiger charge is 2.47. The van der Waals surface area contributed by atoms with Gasteiger partial charge in [-0.05, 0) is 43.4 Å². The van der Waals surface area contributed by atoms with Crippen molar-refractivity contribution >= 4 is 17.7 Å². The first-order valence-corrected chi connectivity index (χ1v) is 10.8. The molecule has 8 heteroatoms. The summed E-state index contributed by atoms with van der Waals surface area (Å²) in [5.41, 5.74) is 2.78. The number of benzene rings is 1. The van der Waals surface area contributed by atoms with Gasteiger partial charge in [-0.3, -0.25) is 9.59 Å². The Morgan fingerprint density at radius 2 is 1.97 bits per heavy atom. The maximum Gasteiger partial charge on any atom is 0.336 e. The molecular formula is C24H27NO7. The van der Waals surface area contributed by atoms with E-state index in [9.17, 15) is 14.4 Å². The highest BCUT2D eigenvalue weighted by molar-refractivity contribution is 6.12. The molecule has 0 unspecified atom stereocenters. The minimum Gasteiger partial charge on any atom is -0.468 e. The molecule has 3 aliphatic rings. The second kappa shape index (κ2) is 8.68. The van der Waals surface area contributed by atoms with E-state index in [1.807, 2.05) is 19.9 Å². The SMILES string of the molecule is CCCOC(=O)C1=C(C)NC2=C(C(=O)[C@H](C(=O)OC)[C@H](C)C2)[C@H]1c1ccc2c(c1)OCO2. The van der Waals surface area contributed by atoms with E-state index in [0.717, 1.165) is 5.70 Å². The zero-order valence-corrected chi connectivity index (χ0v) is 18.7. The number of hydrogen-bond acceptors (Lipinski definition) is 8. The highest BCUT2D eigenvalue weighted by atomic mass is 16.7. The van der Waals surface area contributed by atoms with Gasteiger partial charge in [-0.25, -0.2) is 4.79 Å². The van der Waals surface area contributed by atoms with Gasteiger partial charge in [0.2, 0.25) is 6.79 Å². The van der Waals surface area contributed by atoms with Gasteiger partial charge in [0.25, 0.3) is 0 Å². The maximum absolute atomic E-state index is 13.6. The van der Waals surface area contributed by atoms with Crippen molar-refractivity contribution in [3.8, 4) is 11.5 Å². The Morgan fingerprint density at radius 3 is 2.69 bits per heavy atom. The predicted octanol–water partition coefficient (Wildman–Crippen LogP) is 2.98. The molecule has 0 saturated carbocycles. The number of esters is 2. The molecule has 1 aromatic rings. The lowest BCUT2D eigenvalue weighted by Gasteiger charge is -2.38. The van der Waals surface area contributed by atoms with Crippen molar-refractivity contribution in [1.29, 1.82) is 0 Å². The molecule has 170 valence electrons. The van der Waals surface area contributed by atoms with E-state index < -0.39 is 23.8 Å². The van der Waals surface area contributed by atoms with Crippen molar-refractivity contribution in [2.45, 2.75) is 39.5 Å². The Kier molecular flexibility index (Phi) is 5.95. The van der Waals surface area contributed by atoms with E-state index in [1.54, 1.807) is 19.1 Å². The molecule has 0 saturated heterocycles. The van der Waals surface area contributed by atoms with Gasteiger partial charge in [-0.1, -0.05) is 19.9 Å². The molecule has 4 rings (SSSR count). The summed E-state index contributed by atoms with van der Waals surface area (Å²) in [5, 5.41) is 3.25. The van der Waals surface area contributed by atoms with Gasteiger partial charge in [0.05, 0.1) is 19.3 Å². The molecular weight excluding hydrogens is 414 g/mol. The van der Waals surface area contributed by atoms with Crippen LogP contribution in [0.4, 0.5) is 0 Å². The van der Waals surface area contributed by atoms with Crippen LogP contribution in [0.25, 0.3) is 0 Å². The van der Waals surface area contributed by atoms with Crippen molar-refractivity contribution < 1.29 is 33.3 Å². The van der Waals surface area contributed by atoms with Crippen LogP contribution < -0.4 is 14.8 Å². The Labute approximate surface area is 186 Å². The van der Waals surface area contributed by atoms with Gasteiger partial charge in [0.1, 0.15) is 5.92 Å². The van der Waals surface area contributed by atoms with Crippen LogP contribution in [-0.2, 0) is 23.9 Å². The Hall–Kier alpha value is -3.29. The first-order chi connectivity index (χ1) is 15.4. The molecule has 1 aliphatic carbocycles. The van der Waals surface area contributed by atoms with Crippen molar-refractivity contribution in [1.82, 2.24) is 5.32 Å². The van der Waals surface area contributed by atoms with Crippen molar-refractivity contribution in [3.63, 3.8) is 0 Å². The molecule has 32 heavy (non-hydrogen) atoms. The molecule has 0 spiro atoms. The van der Waals surface area contributed by atoms with Crippen LogP contribution in [0.5, 0.6) is 11.5 Å². The fourth-order valence-electron chi connectivity index (χ4n) is 4.65. The van der Waals surface area contributed by atoms with Crippen LogP contribution in [0.3, 0.4) is 0 Å². The fraction of sp³-hybridized carbons (Fsp3) is 0.458. The fourth-order valence-corrected chi connectivity index (χ4v) is 4.65. The van der Waals surface area contributed by atoms with E-state index in [4.69, 9.17) is 18.9 Å². The molecule has 1 N–H and O–H groups in total. The number of ketones is 1. The molecule has 0 fully saturated rings. The van der Waals surface area contributed by atoms with Crippen LogP contribution in [0.15, 0.2) is 40.7 Å². The minimum absolute atomic E-state index is 0.111. The van der Waals surface area contributed by atoms with Crippen LogP contribution >= 0.6 is 0 Å². The topological polar surface area (TPSA) is 100 Å². The molecule has 1 aromatic carbocycles. The largest absolute Gasteiger partial charge is 0.468 e. The first kappa shape index (κ1) is 21.9. The Balaban J connectivity index is 1.85. The number of dihydropyridines is 1. The lowest BCUT2D eigenvalue weighted by atomic mass is 9.69. The van der Waals surface area contributed by atoms with Crippen molar-refractivity contribution in [2.24, 2.45) is 11.8 Å². The Morgan fingerprint density at radius 1 is 1.22 bits per heavy atom. The number of rotatable bonds is 5. The van der Waals surface area contributed by atoms with E-state index in [0.29, 0.717) is 46.7 Å². The number of allylic oxidation sites excluding steroid dienone is 3. The van der Waals surface area contributed by atoms with Gasteiger partial charge in [-0.15, -0.1) is 0 Å².